The van der Waals surface area contributed by atoms with E-state index in [2.05, 4.69) is 4.98 Å². The van der Waals surface area contributed by atoms with Gasteiger partial charge in [0.25, 0.3) is 0 Å². The summed E-state index contributed by atoms with van der Waals surface area (Å²) in [5.74, 6) is 0. The molecule has 1 aromatic rings. The first kappa shape index (κ1) is 11.8. The third-order valence-corrected chi connectivity index (χ3v) is 2.94. The summed E-state index contributed by atoms with van der Waals surface area (Å²) < 4.78 is 20.3. The second kappa shape index (κ2) is 4.50. The van der Waals surface area contributed by atoms with Crippen molar-refractivity contribution in [2.45, 2.75) is 20.8 Å². The molecule has 1 heterocycles. The fourth-order valence-electron chi connectivity index (χ4n) is 1.07. The highest BCUT2D eigenvalue weighted by atomic mass is 32.2. The van der Waals surface area contributed by atoms with Crippen LogP contribution in [0.1, 0.15) is 25.2 Å². The molecule has 0 spiro atoms. The molecule has 1 aromatic heterocycles. The summed E-state index contributed by atoms with van der Waals surface area (Å²) in [5, 5.41) is 11.5. The quantitative estimate of drug-likeness (QED) is 0.465. The molecule has 0 aliphatic rings. The van der Waals surface area contributed by atoms with Crippen molar-refractivity contribution >= 4 is 16.7 Å². The molecule has 1 N–H and O–H groups in total. The minimum atomic E-state index is -2.05. The first-order valence-electron chi connectivity index (χ1n) is 4.28. The molecular weight excluding hydrogens is 216 g/mol. The van der Waals surface area contributed by atoms with E-state index >= 15 is 0 Å². The van der Waals surface area contributed by atoms with Gasteiger partial charge in [-0.15, -0.1) is 0 Å². The first-order valence-corrected chi connectivity index (χ1v) is 5.38. The van der Waals surface area contributed by atoms with Crippen molar-refractivity contribution < 1.29 is 13.5 Å². The fourth-order valence-corrected chi connectivity index (χ4v) is 1.43. The molecule has 5 nitrogen and oxygen atoms in total. The lowest BCUT2D eigenvalue weighted by molar-refractivity contribution is -0.609. The normalized spacial score (nSPS) is 14.7. The molecule has 15 heavy (non-hydrogen) atoms. The van der Waals surface area contributed by atoms with Crippen LogP contribution in [0.25, 0.3) is 5.57 Å². The second-order valence-electron chi connectivity index (χ2n) is 3.17. The Balaban J connectivity index is 3.29. The predicted molar refractivity (Wildman–Crippen MR) is 57.0 cm³/mol. The lowest BCUT2D eigenvalue weighted by atomic mass is 10.2. The van der Waals surface area contributed by atoms with Gasteiger partial charge >= 0.3 is 0 Å². The third kappa shape index (κ3) is 2.60. The zero-order valence-electron chi connectivity index (χ0n) is 8.72. The number of allylic oxidation sites excluding steroid dienone is 2. The SMILES string of the molecule is C/C(=C(/C)S(=O)O)c1cnc(C)c[n+]1[O-]. The van der Waals surface area contributed by atoms with Crippen LogP contribution in [0.3, 0.4) is 0 Å². The van der Waals surface area contributed by atoms with E-state index in [-0.39, 0.29) is 4.91 Å². The van der Waals surface area contributed by atoms with Gasteiger partial charge in [-0.2, -0.15) is 4.73 Å². The molecule has 1 unspecified atom stereocenters. The highest BCUT2D eigenvalue weighted by Gasteiger charge is 2.13. The van der Waals surface area contributed by atoms with Crippen molar-refractivity contribution in [1.29, 1.82) is 0 Å². The van der Waals surface area contributed by atoms with Crippen LogP contribution in [0, 0.1) is 12.1 Å². The maximum absolute atomic E-state index is 11.5. The Labute approximate surface area is 90.3 Å². The lowest BCUT2D eigenvalue weighted by Crippen LogP contribution is -2.31. The van der Waals surface area contributed by atoms with Crippen molar-refractivity contribution in [3.05, 3.63) is 33.9 Å². The molecule has 0 aliphatic carbocycles. The van der Waals surface area contributed by atoms with Crippen molar-refractivity contribution in [1.82, 2.24) is 4.98 Å². The zero-order chi connectivity index (χ0) is 11.6. The molecule has 0 aliphatic heterocycles. The van der Waals surface area contributed by atoms with Gasteiger partial charge in [-0.25, -0.2) is 9.19 Å². The van der Waals surface area contributed by atoms with Crippen molar-refractivity contribution in [2.24, 2.45) is 0 Å². The van der Waals surface area contributed by atoms with Gasteiger partial charge in [0, 0.05) is 5.57 Å². The van der Waals surface area contributed by atoms with Crippen molar-refractivity contribution in [3.63, 3.8) is 0 Å². The number of aryl methyl sites for hydroxylation is 1. The topological polar surface area (TPSA) is 77.1 Å². The summed E-state index contributed by atoms with van der Waals surface area (Å²) in [5.41, 5.74) is 1.36. The van der Waals surface area contributed by atoms with Crippen LogP contribution in [0.5, 0.6) is 0 Å². The van der Waals surface area contributed by atoms with Gasteiger partial charge in [0.1, 0.15) is 11.9 Å². The molecule has 0 radical (unpaired) electrons. The standard InChI is InChI=1S/C9H12N2O3S/c1-6-5-11(12)9(4-10-6)7(2)8(3)15(13)14/h4-5H,1-3H3,(H,13,14)/b8-7+. The average molecular weight is 228 g/mol. The van der Waals surface area contributed by atoms with E-state index in [0.717, 1.165) is 0 Å². The van der Waals surface area contributed by atoms with Crippen molar-refractivity contribution in [3.8, 4) is 0 Å². The Morgan fingerprint density at radius 3 is 2.67 bits per heavy atom. The summed E-state index contributed by atoms with van der Waals surface area (Å²) in [7, 11) is 0. The monoisotopic (exact) mass is 228 g/mol. The number of hydrogen-bond donors (Lipinski definition) is 1. The Kier molecular flexibility index (Phi) is 3.54. The molecule has 1 atom stereocenters. The Morgan fingerprint density at radius 2 is 2.20 bits per heavy atom. The predicted octanol–water partition coefficient (Wildman–Crippen LogP) is 0.996. The Hall–Kier alpha value is -1.27. The van der Waals surface area contributed by atoms with Crippen LogP contribution in [-0.2, 0) is 11.1 Å². The summed E-state index contributed by atoms with van der Waals surface area (Å²) in [6.45, 7) is 4.82. The maximum atomic E-state index is 11.5. The van der Waals surface area contributed by atoms with Gasteiger partial charge in [0.2, 0.25) is 11.9 Å². The fraction of sp³-hybridized carbons (Fsp3) is 0.333. The van der Waals surface area contributed by atoms with Gasteiger partial charge in [-0.3, -0.25) is 0 Å². The van der Waals surface area contributed by atoms with E-state index in [1.165, 1.54) is 19.3 Å². The van der Waals surface area contributed by atoms with Crippen LogP contribution >= 0.6 is 0 Å². The van der Waals surface area contributed by atoms with E-state index in [9.17, 15) is 9.42 Å². The molecule has 0 aromatic carbocycles. The number of aromatic nitrogens is 2. The highest BCUT2D eigenvalue weighted by molar-refractivity contribution is 7.83. The molecule has 0 saturated heterocycles. The van der Waals surface area contributed by atoms with Crippen LogP contribution in [-0.4, -0.2) is 13.7 Å². The van der Waals surface area contributed by atoms with Crippen LogP contribution < -0.4 is 4.73 Å². The smallest absolute Gasteiger partial charge is 0.238 e. The number of rotatable bonds is 2. The van der Waals surface area contributed by atoms with Gasteiger partial charge in [0.15, 0.2) is 11.1 Å². The first-order chi connectivity index (χ1) is 6.93. The maximum Gasteiger partial charge on any atom is 0.238 e. The van der Waals surface area contributed by atoms with Gasteiger partial charge in [-0.05, 0) is 20.8 Å². The summed E-state index contributed by atoms with van der Waals surface area (Å²) >= 11 is -2.05. The Morgan fingerprint density at radius 1 is 1.60 bits per heavy atom. The average Bonchev–Trinajstić information content (AvgIpc) is 2.15. The second-order valence-corrected chi connectivity index (χ2v) is 4.28. The van der Waals surface area contributed by atoms with E-state index in [1.54, 1.807) is 13.8 Å². The van der Waals surface area contributed by atoms with Crippen LogP contribution in [0.4, 0.5) is 0 Å². The van der Waals surface area contributed by atoms with Crippen LogP contribution in [0.15, 0.2) is 17.3 Å². The van der Waals surface area contributed by atoms with E-state index in [1.807, 2.05) is 0 Å². The van der Waals surface area contributed by atoms with Gasteiger partial charge in [-0.1, -0.05) is 0 Å². The zero-order valence-corrected chi connectivity index (χ0v) is 9.54. The summed E-state index contributed by atoms with van der Waals surface area (Å²) in [4.78, 5) is 4.22. The van der Waals surface area contributed by atoms with Gasteiger partial charge < -0.3 is 9.76 Å². The lowest BCUT2D eigenvalue weighted by Gasteiger charge is -2.06. The van der Waals surface area contributed by atoms with Crippen LogP contribution in [0.2, 0.25) is 0 Å². The minimum absolute atomic E-state index is 0.255. The number of nitrogens with zero attached hydrogens (tertiary/aromatic N) is 2. The molecular formula is C9H12N2O3S. The van der Waals surface area contributed by atoms with E-state index in [4.69, 9.17) is 4.55 Å². The molecule has 1 rings (SSSR count). The highest BCUT2D eigenvalue weighted by Crippen LogP contribution is 2.15. The molecule has 0 saturated carbocycles. The molecule has 82 valence electrons. The molecule has 6 heteroatoms. The minimum Gasteiger partial charge on any atom is -0.618 e. The third-order valence-electron chi connectivity index (χ3n) is 2.11. The number of hydrogen-bond acceptors (Lipinski definition) is 3. The molecule has 0 bridgehead atoms. The Bertz CT molecular complexity index is 443. The van der Waals surface area contributed by atoms with E-state index in [0.29, 0.717) is 21.7 Å². The molecule has 0 amide bonds. The van der Waals surface area contributed by atoms with Crippen molar-refractivity contribution in [2.75, 3.05) is 0 Å². The largest absolute Gasteiger partial charge is 0.618 e. The van der Waals surface area contributed by atoms with E-state index < -0.39 is 11.1 Å². The summed E-state index contributed by atoms with van der Waals surface area (Å²) in [6, 6.07) is 0. The molecule has 0 fully saturated rings. The van der Waals surface area contributed by atoms with Gasteiger partial charge in [0.05, 0.1) is 4.91 Å². The summed E-state index contributed by atoms with van der Waals surface area (Å²) in [6.07, 6.45) is 2.72.